The first-order chi connectivity index (χ1) is 28.5. The quantitative estimate of drug-likeness (QED) is 0.180. The maximum atomic E-state index is 6.40. The van der Waals surface area contributed by atoms with Gasteiger partial charge in [0.1, 0.15) is 16.8 Å². The minimum atomic E-state index is -0.00566. The van der Waals surface area contributed by atoms with Crippen LogP contribution >= 0.6 is 0 Å². The number of nitrogens with zero attached hydrogens (tertiary/aromatic N) is 2. The molecule has 1 fully saturated rings. The molecule has 0 amide bonds. The van der Waals surface area contributed by atoms with Gasteiger partial charge in [-0.05, 0) is 110 Å². The van der Waals surface area contributed by atoms with Gasteiger partial charge in [-0.15, -0.1) is 0 Å². The first-order valence-electron chi connectivity index (χ1n) is 20.9. The molecule has 3 aliphatic rings. The van der Waals surface area contributed by atoms with Crippen molar-refractivity contribution < 1.29 is 4.42 Å². The average molecular weight is 747 g/mol. The lowest BCUT2D eigenvalue weighted by Crippen LogP contribution is -2.28. The third-order valence-corrected chi connectivity index (χ3v) is 13.7. The van der Waals surface area contributed by atoms with Gasteiger partial charge in [-0.2, -0.15) is 0 Å². The van der Waals surface area contributed by atoms with Gasteiger partial charge in [0.25, 0.3) is 0 Å². The van der Waals surface area contributed by atoms with Crippen molar-refractivity contribution in [1.82, 2.24) is 9.97 Å². The molecule has 3 nitrogen and oxygen atoms in total. The third kappa shape index (κ3) is 4.86. The van der Waals surface area contributed by atoms with E-state index in [0.717, 1.165) is 38.9 Å². The fourth-order valence-electron chi connectivity index (χ4n) is 10.7. The Kier molecular flexibility index (Phi) is 7.21. The van der Waals surface area contributed by atoms with Gasteiger partial charge in [-0.3, -0.25) is 0 Å². The average Bonchev–Trinajstić information content (AvgIpc) is 3.86. The molecule has 0 radical (unpaired) electrons. The summed E-state index contributed by atoms with van der Waals surface area (Å²) in [6.45, 7) is 4.80. The van der Waals surface area contributed by atoms with E-state index >= 15 is 0 Å². The maximum absolute atomic E-state index is 6.40. The molecular formula is C55H42N2O. The van der Waals surface area contributed by atoms with E-state index in [1.54, 1.807) is 5.56 Å². The van der Waals surface area contributed by atoms with Crippen LogP contribution in [0.25, 0.3) is 89.2 Å². The molecule has 2 heterocycles. The highest BCUT2D eigenvalue weighted by Gasteiger charge is 2.46. The number of hydrogen-bond acceptors (Lipinski definition) is 3. The lowest BCUT2D eigenvalue weighted by atomic mass is 9.67. The van der Waals surface area contributed by atoms with Crippen molar-refractivity contribution in [2.24, 2.45) is 0 Å². The Hall–Kier alpha value is -6.58. The van der Waals surface area contributed by atoms with Crippen LogP contribution in [0, 0.1) is 0 Å². The molecule has 0 N–H and O–H groups in total. The summed E-state index contributed by atoms with van der Waals surface area (Å²) in [4.78, 5) is 10.1. The van der Waals surface area contributed by atoms with Gasteiger partial charge >= 0.3 is 0 Å². The molecule has 9 aromatic rings. The van der Waals surface area contributed by atoms with Gasteiger partial charge in [0, 0.05) is 27.3 Å². The van der Waals surface area contributed by atoms with E-state index in [1.165, 1.54) is 87.7 Å². The molecule has 12 rings (SSSR count). The molecule has 1 saturated carbocycles. The van der Waals surface area contributed by atoms with Gasteiger partial charge in [0.05, 0.1) is 0 Å². The number of furan rings is 1. The third-order valence-electron chi connectivity index (χ3n) is 13.7. The number of hydrogen-bond donors (Lipinski definition) is 0. The van der Waals surface area contributed by atoms with E-state index in [0.29, 0.717) is 11.4 Å². The highest BCUT2D eigenvalue weighted by atomic mass is 16.3. The molecule has 7 aromatic carbocycles. The van der Waals surface area contributed by atoms with Crippen molar-refractivity contribution in [3.8, 4) is 67.2 Å². The molecule has 3 heteroatoms. The lowest BCUT2D eigenvalue weighted by molar-refractivity contribution is 0.353. The van der Waals surface area contributed by atoms with E-state index in [4.69, 9.17) is 14.4 Å². The summed E-state index contributed by atoms with van der Waals surface area (Å²) in [5.74, 6) is 0.692. The predicted octanol–water partition coefficient (Wildman–Crippen LogP) is 14.6. The van der Waals surface area contributed by atoms with Crippen LogP contribution in [0.15, 0.2) is 162 Å². The Bertz CT molecular complexity index is 3090. The SMILES string of the molecule is CC1(C)c2ccccc2-c2cc3c(cc21)-c1ccc(-c2ccc(-c4ccc(-c5nc(-c6ccccc6)nc6c5oc5ccccc56)cc4)cc2)cc1C31CCCCC1. The van der Waals surface area contributed by atoms with Crippen molar-refractivity contribution in [2.45, 2.75) is 56.8 Å². The van der Waals surface area contributed by atoms with Gasteiger partial charge in [0.15, 0.2) is 11.4 Å². The van der Waals surface area contributed by atoms with Gasteiger partial charge in [-0.1, -0.05) is 161 Å². The van der Waals surface area contributed by atoms with Gasteiger partial charge in [-0.25, -0.2) is 9.97 Å². The van der Waals surface area contributed by atoms with E-state index in [9.17, 15) is 0 Å². The standard InChI is InChI=1S/C55H42N2O/c1-54(2)45-17-9-7-15-40(45)43-33-48-44(32-46(43)54)41-28-27-39(31-47(41)55(48)29-11-4-12-30-55)36-21-19-34(20-22-36)35-23-25-37(26-24-35)50-52-51(42-16-8-10-18-49(42)58-52)57-53(56-50)38-13-5-3-6-14-38/h3,5-10,13-28,31-33H,4,11-12,29-30H2,1-2H3. The summed E-state index contributed by atoms with van der Waals surface area (Å²) in [6.07, 6.45) is 6.33. The zero-order chi connectivity index (χ0) is 38.6. The fraction of sp³-hybridized carbons (Fsp3) is 0.164. The van der Waals surface area contributed by atoms with Crippen molar-refractivity contribution >= 4 is 22.1 Å². The fourth-order valence-corrected chi connectivity index (χ4v) is 10.7. The summed E-state index contributed by atoms with van der Waals surface area (Å²) < 4.78 is 6.40. The molecule has 2 aromatic heterocycles. The van der Waals surface area contributed by atoms with Crippen LogP contribution in [0.1, 0.15) is 68.2 Å². The summed E-state index contributed by atoms with van der Waals surface area (Å²) in [5.41, 5.74) is 21.9. The van der Waals surface area contributed by atoms with Crippen molar-refractivity contribution in [3.63, 3.8) is 0 Å². The summed E-state index contributed by atoms with van der Waals surface area (Å²) in [6, 6.07) is 57.7. The Morgan fingerprint density at radius 3 is 1.81 bits per heavy atom. The minimum Gasteiger partial charge on any atom is -0.452 e. The molecule has 0 atom stereocenters. The first kappa shape index (κ1) is 33.5. The maximum Gasteiger partial charge on any atom is 0.180 e. The van der Waals surface area contributed by atoms with Crippen LogP contribution in [-0.4, -0.2) is 9.97 Å². The largest absolute Gasteiger partial charge is 0.452 e. The number of benzene rings is 7. The molecule has 3 aliphatic carbocycles. The number of aromatic nitrogens is 2. The summed E-state index contributed by atoms with van der Waals surface area (Å²) in [7, 11) is 0. The Morgan fingerprint density at radius 2 is 1.03 bits per heavy atom. The van der Waals surface area contributed by atoms with Crippen molar-refractivity contribution in [3.05, 3.63) is 180 Å². The normalized spacial score (nSPS) is 15.7. The van der Waals surface area contributed by atoms with Crippen LogP contribution in [0.4, 0.5) is 0 Å². The second-order valence-corrected chi connectivity index (χ2v) is 17.2. The Morgan fingerprint density at radius 1 is 0.448 bits per heavy atom. The predicted molar refractivity (Wildman–Crippen MR) is 238 cm³/mol. The zero-order valence-corrected chi connectivity index (χ0v) is 32.8. The van der Waals surface area contributed by atoms with Crippen LogP contribution in [0.2, 0.25) is 0 Å². The second kappa shape index (κ2) is 12.5. The van der Waals surface area contributed by atoms with E-state index < -0.39 is 0 Å². The lowest BCUT2D eigenvalue weighted by Gasteiger charge is -2.36. The van der Waals surface area contributed by atoms with Crippen molar-refractivity contribution in [2.75, 3.05) is 0 Å². The van der Waals surface area contributed by atoms with Gasteiger partial charge < -0.3 is 4.42 Å². The number of para-hydroxylation sites is 1. The molecule has 0 bridgehead atoms. The summed E-state index contributed by atoms with van der Waals surface area (Å²) >= 11 is 0. The van der Waals surface area contributed by atoms with Crippen LogP contribution < -0.4 is 0 Å². The van der Waals surface area contributed by atoms with Crippen LogP contribution in [0.3, 0.4) is 0 Å². The van der Waals surface area contributed by atoms with E-state index in [2.05, 4.69) is 135 Å². The number of fused-ring (bicyclic) bond motifs is 11. The van der Waals surface area contributed by atoms with Gasteiger partial charge in [0.2, 0.25) is 0 Å². The first-order valence-corrected chi connectivity index (χ1v) is 20.9. The second-order valence-electron chi connectivity index (χ2n) is 17.2. The molecular weight excluding hydrogens is 705 g/mol. The molecule has 0 saturated heterocycles. The highest BCUT2D eigenvalue weighted by Crippen LogP contribution is 2.60. The van der Waals surface area contributed by atoms with Crippen LogP contribution in [0.5, 0.6) is 0 Å². The Balaban J connectivity index is 0.887. The monoisotopic (exact) mass is 746 g/mol. The topological polar surface area (TPSA) is 38.9 Å². The molecule has 0 unspecified atom stereocenters. The molecule has 0 aliphatic heterocycles. The minimum absolute atomic E-state index is 0.00566. The zero-order valence-electron chi connectivity index (χ0n) is 32.8. The van der Waals surface area contributed by atoms with Crippen molar-refractivity contribution in [1.29, 1.82) is 0 Å². The van der Waals surface area contributed by atoms with E-state index in [-0.39, 0.29) is 10.8 Å². The highest BCUT2D eigenvalue weighted by molar-refractivity contribution is 6.07. The summed E-state index contributed by atoms with van der Waals surface area (Å²) in [5, 5.41) is 0.996. The molecule has 278 valence electrons. The Labute approximate surface area is 339 Å². The van der Waals surface area contributed by atoms with E-state index in [1.807, 2.05) is 36.4 Å². The molecule has 58 heavy (non-hydrogen) atoms. The van der Waals surface area contributed by atoms with Crippen LogP contribution in [-0.2, 0) is 10.8 Å². The number of rotatable bonds is 4. The smallest absolute Gasteiger partial charge is 0.180 e. The molecule has 1 spiro atoms.